The molecule has 0 aromatic heterocycles. The van der Waals surface area contributed by atoms with Crippen LogP contribution >= 0.6 is 104 Å². The van der Waals surface area contributed by atoms with Gasteiger partial charge in [0.25, 0.3) is 0 Å². The summed E-state index contributed by atoms with van der Waals surface area (Å²) in [5.41, 5.74) is 0. The molecule has 0 aliphatic carbocycles. The van der Waals surface area contributed by atoms with E-state index >= 15 is 0 Å². The van der Waals surface area contributed by atoms with Crippen LogP contribution in [0.25, 0.3) is 0 Å². The Morgan fingerprint density at radius 2 is 0.714 bits per heavy atom. The van der Waals surface area contributed by atoms with Crippen LogP contribution in [-0.2, 0) is 0 Å². The molecule has 3 atom stereocenters. The van der Waals surface area contributed by atoms with Crippen molar-refractivity contribution in [2.45, 2.75) is 18.3 Å². The SMILES string of the molecule is OCCN(CCN(CC(O)COc1cc(Cl)c(Cl)c(Cl)c1)CC(O)COc1cc(Cl)c(Cl)c(Cl)c1)CC(O)COc1cc(Cl)c(Cl)c(Cl)c1. The van der Waals surface area contributed by atoms with Crippen LogP contribution in [-0.4, -0.2) is 114 Å². The molecule has 3 aromatic rings. The lowest BCUT2D eigenvalue weighted by Gasteiger charge is -2.31. The molecule has 49 heavy (non-hydrogen) atoms. The van der Waals surface area contributed by atoms with E-state index in [1.807, 2.05) is 4.90 Å². The second-order valence-electron chi connectivity index (χ2n) is 10.8. The highest BCUT2D eigenvalue weighted by atomic mass is 35.5. The quantitative estimate of drug-likeness (QED) is 0.0847. The maximum Gasteiger partial charge on any atom is 0.122 e. The number of benzene rings is 3. The van der Waals surface area contributed by atoms with Gasteiger partial charge < -0.3 is 34.6 Å². The van der Waals surface area contributed by atoms with E-state index in [2.05, 4.69) is 0 Å². The summed E-state index contributed by atoms with van der Waals surface area (Å²) >= 11 is 54.5. The molecule has 9 nitrogen and oxygen atoms in total. The summed E-state index contributed by atoms with van der Waals surface area (Å²) in [6, 6.07) is 8.90. The van der Waals surface area contributed by atoms with Gasteiger partial charge in [0.1, 0.15) is 55.4 Å². The number of aliphatic hydroxyl groups is 4. The second kappa shape index (κ2) is 21.2. The van der Waals surface area contributed by atoms with E-state index in [0.717, 1.165) is 0 Å². The van der Waals surface area contributed by atoms with E-state index in [1.54, 1.807) is 4.90 Å². The molecule has 0 spiro atoms. The number of ether oxygens (including phenoxy) is 3. The van der Waals surface area contributed by atoms with Crippen molar-refractivity contribution in [3.8, 4) is 17.2 Å². The molecule has 0 radical (unpaired) electrons. The van der Waals surface area contributed by atoms with Crippen molar-refractivity contribution in [1.82, 2.24) is 9.80 Å². The zero-order valence-corrected chi connectivity index (χ0v) is 32.4. The van der Waals surface area contributed by atoms with E-state index in [-0.39, 0.29) is 97.8 Å². The van der Waals surface area contributed by atoms with E-state index < -0.39 is 18.3 Å². The van der Waals surface area contributed by atoms with Crippen LogP contribution in [0.15, 0.2) is 36.4 Å². The average Bonchev–Trinajstić information content (AvgIpc) is 3.04. The molecule has 0 heterocycles. The molecule has 3 unspecified atom stereocenters. The van der Waals surface area contributed by atoms with Gasteiger partial charge in [0.15, 0.2) is 0 Å². The molecule has 3 rings (SSSR count). The minimum Gasteiger partial charge on any atom is -0.491 e. The molecule has 0 bridgehead atoms. The number of rotatable bonds is 20. The number of hydrogen-bond acceptors (Lipinski definition) is 9. The molecule has 0 amide bonds. The number of hydrogen-bond donors (Lipinski definition) is 4. The Labute approximate surface area is 329 Å². The average molecular weight is 865 g/mol. The maximum atomic E-state index is 10.9. The van der Waals surface area contributed by atoms with Crippen molar-refractivity contribution in [2.75, 3.05) is 65.7 Å². The molecule has 18 heteroatoms. The Bertz CT molecular complexity index is 1390. The fourth-order valence-corrected chi connectivity index (χ4v) is 6.18. The highest BCUT2D eigenvalue weighted by Gasteiger charge is 2.21. The molecular formula is C31H33Cl9N2O7. The fourth-order valence-electron chi connectivity index (χ4n) is 4.45. The van der Waals surface area contributed by atoms with Gasteiger partial charge in [-0.15, -0.1) is 0 Å². The number of nitrogens with zero attached hydrogens (tertiary/aromatic N) is 2. The van der Waals surface area contributed by atoms with Crippen molar-refractivity contribution in [1.29, 1.82) is 0 Å². The molecular weight excluding hydrogens is 831 g/mol. The Morgan fingerprint density at radius 1 is 0.449 bits per heavy atom. The minimum atomic E-state index is -1.02. The first-order valence-corrected chi connectivity index (χ1v) is 18.0. The smallest absolute Gasteiger partial charge is 0.122 e. The van der Waals surface area contributed by atoms with E-state index in [1.165, 1.54) is 36.4 Å². The van der Waals surface area contributed by atoms with Crippen molar-refractivity contribution < 1.29 is 34.6 Å². The van der Waals surface area contributed by atoms with Gasteiger partial charge in [-0.1, -0.05) is 104 Å². The summed E-state index contributed by atoms with van der Waals surface area (Å²) in [5.74, 6) is 0.955. The number of halogens is 9. The van der Waals surface area contributed by atoms with Crippen LogP contribution in [0.3, 0.4) is 0 Å². The van der Waals surface area contributed by atoms with Gasteiger partial charge in [-0.25, -0.2) is 0 Å². The summed E-state index contributed by atoms with van der Waals surface area (Å²) in [5, 5.41) is 43.9. The predicted octanol–water partition coefficient (Wildman–Crippen LogP) is 7.78. The largest absolute Gasteiger partial charge is 0.491 e. The first-order chi connectivity index (χ1) is 23.2. The van der Waals surface area contributed by atoms with E-state index in [9.17, 15) is 20.4 Å². The van der Waals surface area contributed by atoms with Gasteiger partial charge in [-0.3, -0.25) is 9.80 Å². The van der Waals surface area contributed by atoms with Gasteiger partial charge in [0.2, 0.25) is 0 Å². The summed E-state index contributed by atoms with van der Waals surface area (Å²) in [4.78, 5) is 3.60. The van der Waals surface area contributed by atoms with Crippen LogP contribution in [0.1, 0.15) is 0 Å². The van der Waals surface area contributed by atoms with E-state index in [0.29, 0.717) is 30.3 Å². The van der Waals surface area contributed by atoms with Gasteiger partial charge in [-0.05, 0) is 0 Å². The molecule has 272 valence electrons. The summed E-state index contributed by atoms with van der Waals surface area (Å²) in [7, 11) is 0. The third-order valence-corrected chi connectivity index (χ3v) is 10.3. The highest BCUT2D eigenvalue weighted by Crippen LogP contribution is 2.36. The lowest BCUT2D eigenvalue weighted by atomic mass is 10.2. The van der Waals surface area contributed by atoms with Crippen LogP contribution in [0.4, 0.5) is 0 Å². The molecule has 0 aliphatic rings. The lowest BCUT2D eigenvalue weighted by Crippen LogP contribution is -2.46. The minimum absolute atomic E-state index is 0.0709. The zero-order valence-electron chi connectivity index (χ0n) is 25.6. The predicted molar refractivity (Wildman–Crippen MR) is 199 cm³/mol. The normalized spacial score (nSPS) is 13.5. The topological polar surface area (TPSA) is 115 Å². The van der Waals surface area contributed by atoms with Crippen LogP contribution in [0, 0.1) is 0 Å². The summed E-state index contributed by atoms with van der Waals surface area (Å²) < 4.78 is 17.0. The Hall–Kier alpha value is -0.570. The summed E-state index contributed by atoms with van der Waals surface area (Å²) in [6.45, 7) is 0.619. The first-order valence-electron chi connectivity index (χ1n) is 14.6. The monoisotopic (exact) mass is 860 g/mol. The fraction of sp³-hybridized carbons (Fsp3) is 0.419. The third kappa shape index (κ3) is 14.4. The molecule has 3 aromatic carbocycles. The zero-order chi connectivity index (χ0) is 36.2. The second-order valence-corrected chi connectivity index (χ2v) is 14.4. The van der Waals surface area contributed by atoms with Gasteiger partial charge in [0.05, 0.1) is 51.8 Å². The van der Waals surface area contributed by atoms with Gasteiger partial charge in [0, 0.05) is 75.7 Å². The van der Waals surface area contributed by atoms with Crippen molar-refractivity contribution in [2.24, 2.45) is 0 Å². The van der Waals surface area contributed by atoms with Gasteiger partial charge >= 0.3 is 0 Å². The first kappa shape index (κ1) is 42.8. The lowest BCUT2D eigenvalue weighted by molar-refractivity contribution is 0.0211. The standard InChI is InChI=1S/C31H33Cl9N2O7/c32-23-5-20(6-24(33)29(23)38)47-14-17(44)11-41(3-4-43)1-2-42(12-18(45)15-48-21-7-25(34)30(39)26(35)8-21)13-19(46)16-49-22-9-27(36)31(40)28(37)10-22/h5-10,17-19,43-46H,1-4,11-16H2. The number of aliphatic hydroxyl groups excluding tert-OH is 4. The maximum absolute atomic E-state index is 10.9. The third-order valence-electron chi connectivity index (χ3n) is 6.75. The Balaban J connectivity index is 1.63. The molecule has 4 N–H and O–H groups in total. The van der Waals surface area contributed by atoms with Gasteiger partial charge in [-0.2, -0.15) is 0 Å². The molecule has 0 saturated carbocycles. The Morgan fingerprint density at radius 3 is 1.00 bits per heavy atom. The Kier molecular flexibility index (Phi) is 18.5. The van der Waals surface area contributed by atoms with Crippen molar-refractivity contribution in [3.63, 3.8) is 0 Å². The summed E-state index contributed by atoms with van der Waals surface area (Å²) in [6.07, 6.45) is -2.99. The molecule has 0 saturated heterocycles. The van der Waals surface area contributed by atoms with E-state index in [4.69, 9.17) is 119 Å². The van der Waals surface area contributed by atoms with Crippen LogP contribution in [0.2, 0.25) is 45.2 Å². The van der Waals surface area contributed by atoms with Crippen molar-refractivity contribution >= 4 is 104 Å². The molecule has 0 fully saturated rings. The van der Waals surface area contributed by atoms with Crippen LogP contribution in [0.5, 0.6) is 17.2 Å². The highest BCUT2D eigenvalue weighted by molar-refractivity contribution is 6.49. The van der Waals surface area contributed by atoms with Crippen molar-refractivity contribution in [3.05, 3.63) is 81.6 Å². The van der Waals surface area contributed by atoms with Crippen LogP contribution < -0.4 is 14.2 Å². The molecule has 0 aliphatic heterocycles.